The van der Waals surface area contributed by atoms with Crippen LogP contribution in [-0.4, -0.2) is 81.6 Å². The van der Waals surface area contributed by atoms with Crippen LogP contribution in [0.25, 0.3) is 0 Å². The molecular formula is C24H27F2N3O8. The molecule has 1 saturated heterocycles. The molecule has 0 saturated carbocycles. The smallest absolute Gasteiger partial charge is 0.263 e. The number of aliphatic hydroxyl groups excluding tert-OH is 2. The molecule has 1 unspecified atom stereocenters. The van der Waals surface area contributed by atoms with E-state index < -0.39 is 71.1 Å². The van der Waals surface area contributed by atoms with E-state index in [9.17, 15) is 38.8 Å². The number of rotatable bonds is 7. The van der Waals surface area contributed by atoms with Crippen molar-refractivity contribution in [1.29, 1.82) is 0 Å². The molecule has 1 amide bonds. The van der Waals surface area contributed by atoms with Crippen LogP contribution in [0.5, 0.6) is 5.75 Å². The zero-order valence-electron chi connectivity index (χ0n) is 20.0. The number of aliphatic hydroxyl groups is 3. The molecule has 0 bridgehead atoms. The number of nitrogens with zero attached hydrogens (tertiary/aromatic N) is 1. The number of hydrogen-bond donors (Lipinski definition) is 6. The van der Waals surface area contributed by atoms with Gasteiger partial charge in [0.15, 0.2) is 11.4 Å². The second-order valence-electron chi connectivity index (χ2n) is 9.97. The highest BCUT2D eigenvalue weighted by molar-refractivity contribution is 6.14. The number of epoxide rings is 1. The number of carbonyl (C=O) groups excluding carboxylic acids is 2. The third kappa shape index (κ3) is 3.42. The Kier molecular flexibility index (Phi) is 5.84. The third-order valence-electron chi connectivity index (χ3n) is 7.79. The number of hydroxylamine groups is 1. The molecule has 37 heavy (non-hydrogen) atoms. The number of allylic oxidation sites excluding steroid dienone is 1. The molecule has 5 rings (SSSR count). The van der Waals surface area contributed by atoms with Gasteiger partial charge in [0.1, 0.15) is 29.4 Å². The summed E-state index contributed by atoms with van der Waals surface area (Å²) in [5.41, 5.74) is 6.24. The maximum absolute atomic E-state index is 13.7. The van der Waals surface area contributed by atoms with Gasteiger partial charge in [-0.05, 0) is 50.0 Å². The first-order valence-electron chi connectivity index (χ1n) is 11.6. The number of ether oxygens (including phenoxy) is 1. The number of ketones is 1. The molecule has 1 aliphatic heterocycles. The topological polar surface area (TPSA) is 178 Å². The molecular weight excluding hydrogens is 496 g/mol. The van der Waals surface area contributed by atoms with E-state index in [4.69, 9.17) is 15.3 Å². The zero-order chi connectivity index (χ0) is 27.0. The summed E-state index contributed by atoms with van der Waals surface area (Å²) in [6.45, 7) is -0.853. The SMILES string of the molecule is CN(C)[C@@H]1C(O)=C(C(N)=O)C2(O)O[C@@]23C(O)=C2C(=O)c4c(O)ccc(CNOCC(F)F)c4C[C@H]2C[C@@H]13. The summed E-state index contributed by atoms with van der Waals surface area (Å²) in [5.74, 6) is -7.01. The highest BCUT2D eigenvalue weighted by Gasteiger charge is 2.84. The van der Waals surface area contributed by atoms with E-state index in [0.717, 1.165) is 0 Å². The number of aromatic hydroxyl groups is 1. The first-order valence-corrected chi connectivity index (χ1v) is 11.6. The summed E-state index contributed by atoms with van der Waals surface area (Å²) < 4.78 is 30.4. The van der Waals surface area contributed by atoms with Crippen LogP contribution in [0.4, 0.5) is 8.78 Å². The predicted octanol–water partition coefficient (Wildman–Crippen LogP) is 0.564. The Morgan fingerprint density at radius 2 is 2.03 bits per heavy atom. The van der Waals surface area contributed by atoms with Gasteiger partial charge in [-0.15, -0.1) is 0 Å². The van der Waals surface area contributed by atoms with Crippen molar-refractivity contribution < 1.29 is 48.4 Å². The van der Waals surface area contributed by atoms with Crippen molar-refractivity contribution >= 4 is 11.7 Å². The summed E-state index contributed by atoms with van der Waals surface area (Å²) in [4.78, 5) is 32.2. The van der Waals surface area contributed by atoms with Crippen LogP contribution in [0.3, 0.4) is 0 Å². The molecule has 5 atom stereocenters. The summed E-state index contributed by atoms with van der Waals surface area (Å²) >= 11 is 0. The number of alkyl halides is 2. The highest BCUT2D eigenvalue weighted by atomic mass is 19.3. The number of hydrogen-bond acceptors (Lipinski definition) is 10. The summed E-state index contributed by atoms with van der Waals surface area (Å²) in [6, 6.07) is 1.94. The average molecular weight is 523 g/mol. The molecule has 1 heterocycles. The number of fused-ring (bicyclic) bond motifs is 2. The molecule has 4 aliphatic rings. The molecule has 0 aromatic heterocycles. The fraction of sp³-hybridized carbons (Fsp3) is 0.500. The molecule has 3 aliphatic carbocycles. The van der Waals surface area contributed by atoms with Gasteiger partial charge in [-0.25, -0.2) is 8.78 Å². The van der Waals surface area contributed by atoms with Gasteiger partial charge >= 0.3 is 0 Å². The van der Waals surface area contributed by atoms with E-state index in [1.807, 2.05) is 0 Å². The minimum Gasteiger partial charge on any atom is -0.510 e. The molecule has 0 radical (unpaired) electrons. The first-order chi connectivity index (χ1) is 17.4. The van der Waals surface area contributed by atoms with Crippen LogP contribution >= 0.6 is 0 Å². The Hall–Kier alpha value is -3.10. The van der Waals surface area contributed by atoms with Gasteiger partial charge in [0, 0.05) is 18.0 Å². The van der Waals surface area contributed by atoms with Crippen LogP contribution < -0.4 is 11.2 Å². The van der Waals surface area contributed by atoms with Crippen molar-refractivity contribution in [2.45, 2.75) is 43.2 Å². The van der Waals surface area contributed by atoms with Crippen molar-refractivity contribution in [2.75, 3.05) is 20.7 Å². The van der Waals surface area contributed by atoms with Crippen molar-refractivity contribution in [3.05, 3.63) is 51.5 Å². The molecule has 7 N–H and O–H groups in total. The lowest BCUT2D eigenvalue weighted by molar-refractivity contribution is -0.117. The van der Waals surface area contributed by atoms with Gasteiger partial charge in [-0.3, -0.25) is 19.3 Å². The number of phenols is 1. The molecule has 1 aromatic rings. The number of primary amides is 1. The number of Topliss-reactive ketones (excluding diaryl/α,β-unsaturated/α-hetero) is 1. The second kappa shape index (κ2) is 8.46. The Balaban J connectivity index is 1.59. The minimum atomic E-state index is -2.67. The first kappa shape index (κ1) is 25.5. The van der Waals surface area contributed by atoms with Crippen LogP contribution in [0.2, 0.25) is 0 Å². The molecule has 11 nitrogen and oxygen atoms in total. The molecule has 1 fully saturated rings. The highest BCUT2D eigenvalue weighted by Crippen LogP contribution is 2.68. The van der Waals surface area contributed by atoms with Crippen LogP contribution in [0, 0.1) is 11.8 Å². The number of amides is 1. The van der Waals surface area contributed by atoms with E-state index in [-0.39, 0.29) is 36.3 Å². The van der Waals surface area contributed by atoms with Crippen molar-refractivity contribution in [2.24, 2.45) is 17.6 Å². The quantitative estimate of drug-likeness (QED) is 0.168. The monoisotopic (exact) mass is 523 g/mol. The molecule has 1 aromatic carbocycles. The Labute approximate surface area is 209 Å². The largest absolute Gasteiger partial charge is 0.510 e. The van der Waals surface area contributed by atoms with Gasteiger partial charge in [-0.1, -0.05) is 6.07 Å². The van der Waals surface area contributed by atoms with Gasteiger partial charge in [0.05, 0.1) is 11.6 Å². The lowest BCUT2D eigenvalue weighted by atomic mass is 9.60. The van der Waals surface area contributed by atoms with Crippen LogP contribution in [-0.2, 0) is 27.3 Å². The van der Waals surface area contributed by atoms with E-state index in [1.165, 1.54) is 6.07 Å². The standard InChI is InChI=1S/C24H27F2N3O8/c1-29(2)18-12-6-10-5-11-9(7-28-36-8-14(25)26)3-4-13(30)16(11)19(31)15(10)21(33)23(12)24(35,37-23)17(20(18)32)22(27)34/h3-4,10,12,14,18,28,30,32-33,35H,5-8H2,1-2H3,(H2,27,34)/t10-,12-,18-,23-,24?/m0/s1. The zero-order valence-corrected chi connectivity index (χ0v) is 20.0. The number of halogens is 2. The molecule has 200 valence electrons. The Morgan fingerprint density at radius 1 is 1.32 bits per heavy atom. The number of likely N-dealkylation sites (N-methyl/N-ethyl adjacent to an activating group) is 1. The third-order valence-corrected chi connectivity index (χ3v) is 7.79. The summed E-state index contributed by atoms with van der Waals surface area (Å²) in [7, 11) is 3.28. The number of nitrogens with two attached hydrogens (primary N) is 1. The van der Waals surface area contributed by atoms with Crippen LogP contribution in [0.1, 0.15) is 27.9 Å². The molecule has 1 spiro atoms. The Morgan fingerprint density at radius 3 is 2.65 bits per heavy atom. The maximum Gasteiger partial charge on any atom is 0.263 e. The van der Waals surface area contributed by atoms with E-state index in [1.54, 1.807) is 25.1 Å². The maximum atomic E-state index is 13.7. The van der Waals surface area contributed by atoms with E-state index in [2.05, 4.69) is 5.48 Å². The van der Waals surface area contributed by atoms with Crippen molar-refractivity contribution in [3.63, 3.8) is 0 Å². The lowest BCUT2D eigenvalue weighted by Crippen LogP contribution is -2.57. The van der Waals surface area contributed by atoms with Crippen LogP contribution in [0.15, 0.2) is 34.8 Å². The average Bonchev–Trinajstić information content (AvgIpc) is 3.42. The molecule has 13 heteroatoms. The second-order valence-corrected chi connectivity index (χ2v) is 9.97. The number of phenolic OH excluding ortho intramolecular Hbond substituents is 1. The van der Waals surface area contributed by atoms with Gasteiger partial charge in [0.25, 0.3) is 12.3 Å². The summed E-state index contributed by atoms with van der Waals surface area (Å²) in [6.07, 6.45) is -2.33. The van der Waals surface area contributed by atoms with Crippen molar-refractivity contribution in [1.82, 2.24) is 10.4 Å². The van der Waals surface area contributed by atoms with E-state index >= 15 is 0 Å². The van der Waals surface area contributed by atoms with Crippen molar-refractivity contribution in [3.8, 4) is 5.75 Å². The normalized spacial score (nSPS) is 32.3. The lowest BCUT2D eigenvalue weighted by Gasteiger charge is -2.46. The summed E-state index contributed by atoms with van der Waals surface area (Å²) in [5, 5.41) is 44.1. The number of carbonyl (C=O) groups is 2. The number of benzene rings is 1. The van der Waals surface area contributed by atoms with Gasteiger partial charge in [-0.2, -0.15) is 5.48 Å². The fourth-order valence-electron chi connectivity index (χ4n) is 6.34. The fourth-order valence-corrected chi connectivity index (χ4v) is 6.34. The predicted molar refractivity (Wildman–Crippen MR) is 121 cm³/mol. The number of nitrogens with one attached hydrogen (secondary N) is 1. The van der Waals surface area contributed by atoms with E-state index in [0.29, 0.717) is 11.1 Å². The van der Waals surface area contributed by atoms with Gasteiger partial charge < -0.3 is 30.9 Å². The Bertz CT molecular complexity index is 1260. The minimum absolute atomic E-state index is 0.0254. The van der Waals surface area contributed by atoms with Gasteiger partial charge in [0.2, 0.25) is 5.79 Å².